The van der Waals surface area contributed by atoms with Crippen LogP contribution in [0.1, 0.15) is 43.1 Å². The third-order valence-corrected chi connectivity index (χ3v) is 5.61. The van der Waals surface area contributed by atoms with Crippen molar-refractivity contribution in [2.45, 2.75) is 51.0 Å². The molecule has 5 N–H and O–H groups in total. The largest absolute Gasteiger partial charge is 0.477 e. The molecule has 2 fully saturated rings. The fourth-order valence-electron chi connectivity index (χ4n) is 4.08. The van der Waals surface area contributed by atoms with Gasteiger partial charge < -0.3 is 30.7 Å². The maximum atomic E-state index is 15.7. The number of carbonyl (C=O) groups is 1. The van der Waals surface area contributed by atoms with Crippen LogP contribution in [-0.2, 0) is 0 Å². The minimum Gasteiger partial charge on any atom is -0.477 e. The van der Waals surface area contributed by atoms with E-state index in [1.807, 2.05) is 6.92 Å². The van der Waals surface area contributed by atoms with Crippen molar-refractivity contribution in [1.29, 1.82) is 0 Å². The lowest BCUT2D eigenvalue weighted by Gasteiger charge is -2.42. The lowest BCUT2D eigenvalue weighted by Crippen LogP contribution is -2.61. The van der Waals surface area contributed by atoms with Gasteiger partial charge in [-0.1, -0.05) is 0 Å². The first kappa shape index (κ1) is 19.6. The van der Waals surface area contributed by atoms with Crippen molar-refractivity contribution in [2.24, 2.45) is 0 Å². The normalized spacial score (nSPS) is 24.9. The number of piperazine rings is 1. The van der Waals surface area contributed by atoms with Gasteiger partial charge in [0, 0.05) is 30.9 Å². The summed E-state index contributed by atoms with van der Waals surface area (Å²) in [6.45, 7) is 3.62. The number of aliphatic hydroxyl groups is 1. The monoisotopic (exact) mass is 408 g/mol. The Kier molecular flexibility index (Phi) is 4.50. The molecule has 2 aliphatic rings. The van der Waals surface area contributed by atoms with Gasteiger partial charge >= 0.3 is 5.97 Å². The first-order valence-corrected chi connectivity index (χ1v) is 9.42. The second-order valence-corrected chi connectivity index (χ2v) is 7.85. The summed E-state index contributed by atoms with van der Waals surface area (Å²) in [7, 11) is 0. The number of halogens is 2. The number of rotatable bonds is 3. The topological polar surface area (TPSA) is 121 Å². The summed E-state index contributed by atoms with van der Waals surface area (Å²) in [6.07, 6.45) is 1.22. The Morgan fingerprint density at radius 3 is 2.52 bits per heavy atom. The number of hydrogen-bond acceptors (Lipinski definition) is 6. The Hall–Kier alpha value is -2.72. The van der Waals surface area contributed by atoms with Crippen molar-refractivity contribution in [2.75, 3.05) is 17.2 Å². The summed E-state index contributed by atoms with van der Waals surface area (Å²) < 4.78 is 32.3. The van der Waals surface area contributed by atoms with E-state index in [2.05, 4.69) is 5.32 Å². The third-order valence-electron chi connectivity index (χ3n) is 5.61. The molecule has 8 nitrogen and oxygen atoms in total. The zero-order chi connectivity index (χ0) is 21.2. The molecule has 0 amide bonds. The minimum atomic E-state index is -1.49. The maximum absolute atomic E-state index is 15.7. The quantitative estimate of drug-likeness (QED) is 0.567. The molecule has 2 heterocycles. The van der Waals surface area contributed by atoms with E-state index in [0.29, 0.717) is 12.8 Å². The summed E-state index contributed by atoms with van der Waals surface area (Å²) in [6, 6.07) is -0.826. The molecule has 1 aliphatic carbocycles. The van der Waals surface area contributed by atoms with Crippen molar-refractivity contribution >= 4 is 28.2 Å². The molecule has 2 aromatic rings. The van der Waals surface area contributed by atoms with Crippen molar-refractivity contribution in [3.63, 3.8) is 0 Å². The molecular weight excluding hydrogens is 386 g/mol. The standard InChI is InChI=1S/C19H22F2N4O4/c1-7-5-25(18(27)8(2)23-7)16-12(20)14(22)11-15(13(16)21)24(9-3-4-9)6-10(17(11)26)19(28)29/h6-9,18,23,27H,3-5,22H2,1-2H3,(H,28,29)/t7-,8+,18?/m1/s1. The molecule has 1 saturated heterocycles. The predicted molar refractivity (Wildman–Crippen MR) is 103 cm³/mol. The average Bonchev–Trinajstić information content (AvgIpc) is 3.48. The van der Waals surface area contributed by atoms with Crippen molar-refractivity contribution < 1.29 is 23.8 Å². The Labute approximate surface area is 164 Å². The predicted octanol–water partition coefficient (Wildman–Crippen LogP) is 1.40. The number of pyridine rings is 1. The highest BCUT2D eigenvalue weighted by Gasteiger charge is 2.37. The van der Waals surface area contributed by atoms with E-state index < -0.39 is 57.6 Å². The molecule has 0 radical (unpaired) electrons. The number of benzene rings is 1. The molecule has 3 atom stereocenters. The fraction of sp³-hybridized carbons (Fsp3) is 0.474. The summed E-state index contributed by atoms with van der Waals surface area (Å²) in [5.74, 6) is -3.71. The van der Waals surface area contributed by atoms with Crippen LogP contribution in [0.2, 0.25) is 0 Å². The average molecular weight is 408 g/mol. The number of nitrogens with one attached hydrogen (secondary N) is 1. The number of fused-ring (bicyclic) bond motifs is 1. The van der Waals surface area contributed by atoms with E-state index in [9.17, 15) is 19.8 Å². The number of nitrogens with zero attached hydrogens (tertiary/aromatic N) is 2. The van der Waals surface area contributed by atoms with Crippen LogP contribution in [0, 0.1) is 11.6 Å². The molecule has 10 heteroatoms. The lowest BCUT2D eigenvalue weighted by atomic mass is 10.0. The van der Waals surface area contributed by atoms with Crippen molar-refractivity contribution in [1.82, 2.24) is 9.88 Å². The van der Waals surface area contributed by atoms with Crippen LogP contribution < -0.4 is 21.4 Å². The summed E-state index contributed by atoms with van der Waals surface area (Å²) >= 11 is 0. The number of hydrogen-bond donors (Lipinski definition) is 4. The van der Waals surface area contributed by atoms with Gasteiger partial charge in [-0.3, -0.25) is 4.79 Å². The van der Waals surface area contributed by atoms with Crippen molar-refractivity contribution in [3.05, 3.63) is 33.6 Å². The van der Waals surface area contributed by atoms with E-state index in [1.54, 1.807) is 6.92 Å². The number of anilines is 2. The van der Waals surface area contributed by atoms with Gasteiger partial charge in [0.15, 0.2) is 11.6 Å². The lowest BCUT2D eigenvalue weighted by molar-refractivity contribution is 0.0695. The number of aromatic nitrogens is 1. The zero-order valence-corrected chi connectivity index (χ0v) is 15.9. The van der Waals surface area contributed by atoms with Crippen LogP contribution in [0.3, 0.4) is 0 Å². The Morgan fingerprint density at radius 2 is 1.93 bits per heavy atom. The van der Waals surface area contributed by atoms with Gasteiger partial charge in [0.25, 0.3) is 0 Å². The molecule has 0 spiro atoms. The van der Waals surface area contributed by atoms with Crippen LogP contribution in [-0.4, -0.2) is 45.6 Å². The highest BCUT2D eigenvalue weighted by Crippen LogP contribution is 2.42. The molecule has 1 unspecified atom stereocenters. The van der Waals surface area contributed by atoms with Gasteiger partial charge in [0.2, 0.25) is 5.43 Å². The Balaban J connectivity index is 2.07. The molecule has 156 valence electrons. The number of aliphatic hydroxyl groups excluding tert-OH is 1. The smallest absolute Gasteiger partial charge is 0.341 e. The molecule has 1 aromatic heterocycles. The second kappa shape index (κ2) is 6.67. The molecule has 4 rings (SSSR count). The van der Waals surface area contributed by atoms with E-state index in [0.717, 1.165) is 6.20 Å². The number of nitrogens with two attached hydrogens (primary N) is 1. The van der Waals surface area contributed by atoms with E-state index in [4.69, 9.17) is 5.73 Å². The zero-order valence-electron chi connectivity index (χ0n) is 15.9. The SMILES string of the molecule is C[C@@H]1CN(c2c(F)c(N)c3c(=O)c(C(=O)O)cn(C4CC4)c3c2F)C(O)[C@H](C)N1. The number of carboxylic acids is 1. The Morgan fingerprint density at radius 1 is 1.28 bits per heavy atom. The van der Waals surface area contributed by atoms with Gasteiger partial charge in [-0.05, 0) is 26.7 Å². The van der Waals surface area contributed by atoms with Crippen LogP contribution in [0.5, 0.6) is 0 Å². The van der Waals surface area contributed by atoms with Gasteiger partial charge in [-0.15, -0.1) is 0 Å². The van der Waals surface area contributed by atoms with Gasteiger partial charge in [0.1, 0.15) is 17.5 Å². The number of nitrogen functional groups attached to an aromatic ring is 1. The molecule has 1 aliphatic heterocycles. The highest BCUT2D eigenvalue weighted by molar-refractivity contribution is 5.99. The van der Waals surface area contributed by atoms with Crippen LogP contribution >= 0.6 is 0 Å². The van der Waals surface area contributed by atoms with Gasteiger partial charge in [-0.25, -0.2) is 13.6 Å². The summed E-state index contributed by atoms with van der Waals surface area (Å²) in [4.78, 5) is 25.3. The van der Waals surface area contributed by atoms with E-state index in [1.165, 1.54) is 9.47 Å². The summed E-state index contributed by atoms with van der Waals surface area (Å²) in [5.41, 5.74) is 2.90. The minimum absolute atomic E-state index is 0.116. The summed E-state index contributed by atoms with van der Waals surface area (Å²) in [5, 5.41) is 22.5. The number of aromatic carboxylic acids is 1. The van der Waals surface area contributed by atoms with Gasteiger partial charge in [-0.2, -0.15) is 0 Å². The maximum Gasteiger partial charge on any atom is 0.341 e. The second-order valence-electron chi connectivity index (χ2n) is 7.85. The molecule has 1 saturated carbocycles. The molecule has 1 aromatic carbocycles. The molecule has 0 bridgehead atoms. The fourth-order valence-corrected chi connectivity index (χ4v) is 4.08. The van der Waals surface area contributed by atoms with Crippen molar-refractivity contribution in [3.8, 4) is 0 Å². The first-order valence-electron chi connectivity index (χ1n) is 9.42. The first-order chi connectivity index (χ1) is 13.6. The van der Waals surface area contributed by atoms with Gasteiger partial charge in [0.05, 0.1) is 16.6 Å². The van der Waals surface area contributed by atoms with Crippen LogP contribution in [0.25, 0.3) is 10.9 Å². The molecule has 29 heavy (non-hydrogen) atoms. The Bertz CT molecular complexity index is 1080. The van der Waals surface area contributed by atoms with E-state index >= 15 is 8.78 Å². The van der Waals surface area contributed by atoms with Crippen LogP contribution in [0.4, 0.5) is 20.2 Å². The third kappa shape index (κ3) is 2.94. The highest BCUT2D eigenvalue weighted by atomic mass is 19.1. The van der Waals surface area contributed by atoms with E-state index in [-0.39, 0.29) is 24.1 Å². The number of carboxylic acid groups (broad SMARTS) is 1. The molecular formula is C19H22F2N4O4. The van der Waals surface area contributed by atoms with Crippen LogP contribution in [0.15, 0.2) is 11.0 Å².